The fraction of sp³-hybridized carbons (Fsp3) is 0.222. The summed E-state index contributed by atoms with van der Waals surface area (Å²) in [7, 11) is 0. The number of nitrogens with one attached hydrogen (secondary N) is 3. The van der Waals surface area contributed by atoms with Gasteiger partial charge in [-0.05, 0) is 35.7 Å². The molecule has 3 N–H and O–H groups in total. The van der Waals surface area contributed by atoms with Crippen molar-refractivity contribution in [3.05, 3.63) is 58.1 Å². The van der Waals surface area contributed by atoms with Crippen LogP contribution in [0.3, 0.4) is 0 Å². The molecule has 0 aliphatic rings. The fourth-order valence-electron chi connectivity index (χ4n) is 2.23. The van der Waals surface area contributed by atoms with Crippen molar-refractivity contribution < 1.29 is 9.59 Å². The molecule has 25 heavy (non-hydrogen) atoms. The molecular weight excluding hydrogens is 361 g/mol. The standard InChI is InChI=1S/C18H19Cl2N3O2/c1-11(2)13-5-3-4-6-15(13)23-18(25)21-10-17(24)22-16-9-12(19)7-8-14(16)20/h3-9,11H,10H2,1-2H3,(H,22,24)(H2,21,23,25). The summed E-state index contributed by atoms with van der Waals surface area (Å²) in [6, 6.07) is 11.8. The second-order valence-corrected chi connectivity index (χ2v) is 6.57. The zero-order valence-corrected chi connectivity index (χ0v) is 15.4. The van der Waals surface area contributed by atoms with Gasteiger partial charge in [0.2, 0.25) is 5.91 Å². The van der Waals surface area contributed by atoms with Crippen molar-refractivity contribution >= 4 is 46.5 Å². The third kappa shape index (κ3) is 5.66. The number of benzene rings is 2. The largest absolute Gasteiger partial charge is 0.329 e. The van der Waals surface area contributed by atoms with E-state index in [0.29, 0.717) is 21.4 Å². The van der Waals surface area contributed by atoms with Crippen LogP contribution in [-0.4, -0.2) is 18.5 Å². The lowest BCUT2D eigenvalue weighted by molar-refractivity contribution is -0.115. The third-order valence-electron chi connectivity index (χ3n) is 3.44. The Hall–Kier alpha value is -2.24. The van der Waals surface area contributed by atoms with Crippen LogP contribution in [0.1, 0.15) is 25.3 Å². The highest BCUT2D eigenvalue weighted by Crippen LogP contribution is 2.25. The monoisotopic (exact) mass is 379 g/mol. The Morgan fingerprint density at radius 3 is 2.44 bits per heavy atom. The van der Waals surface area contributed by atoms with Gasteiger partial charge in [0.15, 0.2) is 0 Å². The van der Waals surface area contributed by atoms with E-state index in [1.54, 1.807) is 18.2 Å². The van der Waals surface area contributed by atoms with Gasteiger partial charge in [-0.15, -0.1) is 0 Å². The lowest BCUT2D eigenvalue weighted by atomic mass is 10.0. The molecule has 2 aromatic carbocycles. The van der Waals surface area contributed by atoms with Crippen LogP contribution in [0.25, 0.3) is 0 Å². The molecule has 7 heteroatoms. The summed E-state index contributed by atoms with van der Waals surface area (Å²) >= 11 is 11.9. The van der Waals surface area contributed by atoms with Crippen LogP contribution in [0.15, 0.2) is 42.5 Å². The minimum Gasteiger partial charge on any atom is -0.329 e. The van der Waals surface area contributed by atoms with Crippen molar-refractivity contribution in [1.82, 2.24) is 5.32 Å². The number of hydrogen-bond donors (Lipinski definition) is 3. The van der Waals surface area contributed by atoms with E-state index in [0.717, 1.165) is 5.56 Å². The van der Waals surface area contributed by atoms with Gasteiger partial charge in [-0.1, -0.05) is 55.2 Å². The summed E-state index contributed by atoms with van der Waals surface area (Å²) in [4.78, 5) is 24.0. The van der Waals surface area contributed by atoms with E-state index < -0.39 is 11.9 Å². The number of carbonyl (C=O) groups excluding carboxylic acids is 2. The minimum atomic E-state index is -0.458. The summed E-state index contributed by atoms with van der Waals surface area (Å²) in [5.74, 6) is -0.138. The van der Waals surface area contributed by atoms with Gasteiger partial charge in [0.05, 0.1) is 17.3 Å². The second kappa shape index (κ2) is 8.74. The molecule has 2 rings (SSSR count). The molecule has 0 atom stereocenters. The first-order valence-corrected chi connectivity index (χ1v) is 8.51. The van der Waals surface area contributed by atoms with Crippen LogP contribution in [-0.2, 0) is 4.79 Å². The molecule has 0 unspecified atom stereocenters. The summed E-state index contributed by atoms with van der Waals surface area (Å²) in [5.41, 5.74) is 2.13. The summed E-state index contributed by atoms with van der Waals surface area (Å²) in [6.07, 6.45) is 0. The maximum atomic E-state index is 12.0. The molecule has 0 saturated heterocycles. The van der Waals surface area contributed by atoms with Crippen molar-refractivity contribution in [3.8, 4) is 0 Å². The smallest absolute Gasteiger partial charge is 0.319 e. The number of amides is 3. The van der Waals surface area contributed by atoms with Gasteiger partial charge >= 0.3 is 6.03 Å². The van der Waals surface area contributed by atoms with E-state index in [-0.39, 0.29) is 12.5 Å². The van der Waals surface area contributed by atoms with Crippen molar-refractivity contribution in [3.63, 3.8) is 0 Å². The van der Waals surface area contributed by atoms with E-state index in [2.05, 4.69) is 16.0 Å². The second-order valence-electron chi connectivity index (χ2n) is 5.72. The molecule has 0 aliphatic carbocycles. The van der Waals surface area contributed by atoms with E-state index in [4.69, 9.17) is 23.2 Å². The van der Waals surface area contributed by atoms with Gasteiger partial charge in [-0.25, -0.2) is 4.79 Å². The molecule has 0 radical (unpaired) electrons. The van der Waals surface area contributed by atoms with Crippen LogP contribution in [0, 0.1) is 0 Å². The molecule has 0 aliphatic heterocycles. The maximum absolute atomic E-state index is 12.0. The highest BCUT2D eigenvalue weighted by atomic mass is 35.5. The Balaban J connectivity index is 1.90. The molecule has 5 nitrogen and oxygen atoms in total. The zero-order chi connectivity index (χ0) is 18.4. The maximum Gasteiger partial charge on any atom is 0.319 e. The third-order valence-corrected chi connectivity index (χ3v) is 4.01. The normalized spacial score (nSPS) is 10.4. The lowest BCUT2D eigenvalue weighted by Crippen LogP contribution is -2.36. The van der Waals surface area contributed by atoms with E-state index in [9.17, 15) is 9.59 Å². The number of rotatable bonds is 5. The molecule has 0 heterocycles. The summed E-state index contributed by atoms with van der Waals surface area (Å²) in [6.45, 7) is 3.89. The lowest BCUT2D eigenvalue weighted by Gasteiger charge is -2.14. The number of para-hydroxylation sites is 1. The van der Waals surface area contributed by atoms with E-state index >= 15 is 0 Å². The van der Waals surface area contributed by atoms with Crippen LogP contribution in [0.5, 0.6) is 0 Å². The molecule has 0 saturated carbocycles. The van der Waals surface area contributed by atoms with Crippen LogP contribution >= 0.6 is 23.2 Å². The summed E-state index contributed by atoms with van der Waals surface area (Å²) < 4.78 is 0. The quantitative estimate of drug-likeness (QED) is 0.692. The van der Waals surface area contributed by atoms with Crippen molar-refractivity contribution in [2.24, 2.45) is 0 Å². The van der Waals surface area contributed by atoms with E-state index in [1.165, 1.54) is 0 Å². The minimum absolute atomic E-state index is 0.196. The number of hydrogen-bond acceptors (Lipinski definition) is 2. The van der Waals surface area contributed by atoms with Crippen LogP contribution < -0.4 is 16.0 Å². The number of carbonyl (C=O) groups is 2. The fourth-order valence-corrected chi connectivity index (χ4v) is 2.57. The summed E-state index contributed by atoms with van der Waals surface area (Å²) in [5, 5.41) is 8.69. The van der Waals surface area contributed by atoms with Gasteiger partial charge < -0.3 is 16.0 Å². The molecule has 0 fully saturated rings. The van der Waals surface area contributed by atoms with Crippen LogP contribution in [0.4, 0.5) is 16.2 Å². The van der Waals surface area contributed by atoms with Crippen molar-refractivity contribution in [2.75, 3.05) is 17.2 Å². The molecule has 3 amide bonds. The van der Waals surface area contributed by atoms with E-state index in [1.807, 2.05) is 38.1 Å². The zero-order valence-electron chi connectivity index (χ0n) is 13.9. The van der Waals surface area contributed by atoms with Crippen molar-refractivity contribution in [2.45, 2.75) is 19.8 Å². The molecule has 132 valence electrons. The predicted molar refractivity (Wildman–Crippen MR) is 103 cm³/mol. The Kier molecular flexibility index (Phi) is 6.67. The van der Waals surface area contributed by atoms with Gasteiger partial charge in [-0.2, -0.15) is 0 Å². The highest BCUT2D eigenvalue weighted by molar-refractivity contribution is 6.35. The van der Waals surface area contributed by atoms with Gasteiger partial charge in [-0.3, -0.25) is 4.79 Å². The Labute approximate surface area is 156 Å². The average molecular weight is 380 g/mol. The SMILES string of the molecule is CC(C)c1ccccc1NC(=O)NCC(=O)Nc1cc(Cl)ccc1Cl. The number of anilines is 2. The van der Waals surface area contributed by atoms with Crippen molar-refractivity contribution in [1.29, 1.82) is 0 Å². The Morgan fingerprint density at radius 1 is 1.00 bits per heavy atom. The molecule has 0 bridgehead atoms. The van der Waals surface area contributed by atoms with Gasteiger partial charge in [0.25, 0.3) is 0 Å². The first kappa shape index (κ1) is 19.1. The number of halogens is 2. The number of urea groups is 1. The Morgan fingerprint density at radius 2 is 1.72 bits per heavy atom. The van der Waals surface area contributed by atoms with Gasteiger partial charge in [0.1, 0.15) is 0 Å². The van der Waals surface area contributed by atoms with Gasteiger partial charge in [0, 0.05) is 10.7 Å². The molecule has 0 aromatic heterocycles. The topological polar surface area (TPSA) is 70.2 Å². The Bertz CT molecular complexity index is 779. The predicted octanol–water partition coefficient (Wildman–Crippen LogP) is 4.88. The molecule has 2 aromatic rings. The first-order valence-electron chi connectivity index (χ1n) is 7.75. The average Bonchev–Trinajstić information content (AvgIpc) is 2.56. The molecule has 0 spiro atoms. The highest BCUT2D eigenvalue weighted by Gasteiger charge is 2.11. The van der Waals surface area contributed by atoms with Crippen LogP contribution in [0.2, 0.25) is 10.0 Å². The molecular formula is C18H19Cl2N3O2. The first-order chi connectivity index (χ1) is 11.9.